The maximum atomic E-state index is 13.7. The van der Waals surface area contributed by atoms with Crippen LogP contribution in [0.3, 0.4) is 0 Å². The van der Waals surface area contributed by atoms with Crippen molar-refractivity contribution in [3.05, 3.63) is 28.8 Å². The third-order valence-corrected chi connectivity index (χ3v) is 2.69. The first-order chi connectivity index (χ1) is 9.90. The molecule has 1 amide bonds. The van der Waals surface area contributed by atoms with E-state index >= 15 is 0 Å². The summed E-state index contributed by atoms with van der Waals surface area (Å²) >= 11 is 5.75. The van der Waals surface area contributed by atoms with Crippen LogP contribution in [0.1, 0.15) is 32.8 Å². The van der Waals surface area contributed by atoms with Gasteiger partial charge in [-0.25, -0.2) is 13.6 Å². The minimum atomic E-state index is -3.60. The van der Waals surface area contributed by atoms with Gasteiger partial charge in [0.15, 0.2) is 0 Å². The topological polar surface area (TPSA) is 75.6 Å². The van der Waals surface area contributed by atoms with Crippen LogP contribution in [0.2, 0.25) is 5.02 Å². The Hall–Kier alpha value is -1.89. The number of anilines is 1. The molecule has 0 aromatic heterocycles. The molecule has 0 aliphatic carbocycles. The molecule has 0 aliphatic heterocycles. The fourth-order valence-corrected chi connectivity index (χ4v) is 1.91. The third-order valence-electron chi connectivity index (χ3n) is 2.38. The fourth-order valence-electron chi connectivity index (χ4n) is 1.60. The molecule has 1 rings (SSSR count). The lowest BCUT2D eigenvalue weighted by Gasteiger charge is -2.20. The quantitative estimate of drug-likeness (QED) is 0.862. The maximum absolute atomic E-state index is 13.7. The molecule has 0 spiro atoms. The monoisotopic (exact) mass is 335 g/mol. The van der Waals surface area contributed by atoms with E-state index in [2.05, 4.69) is 5.32 Å². The highest BCUT2D eigenvalue weighted by Crippen LogP contribution is 2.37. The van der Waals surface area contributed by atoms with Crippen molar-refractivity contribution in [2.75, 3.05) is 5.32 Å². The predicted octanol–water partition coefficient (Wildman–Crippen LogP) is 4.25. The van der Waals surface area contributed by atoms with Gasteiger partial charge in [-0.3, -0.25) is 10.1 Å². The summed E-state index contributed by atoms with van der Waals surface area (Å²) in [6.45, 7) is 5.03. The average Bonchev–Trinajstić information content (AvgIpc) is 2.23. The Morgan fingerprint density at radius 1 is 1.32 bits per heavy atom. The Kier molecular flexibility index (Phi) is 5.35. The highest BCUT2D eigenvalue weighted by Gasteiger charge is 2.36. The Morgan fingerprint density at radius 3 is 2.36 bits per heavy atom. The molecule has 122 valence electrons. The molecule has 0 fully saturated rings. The van der Waals surface area contributed by atoms with Gasteiger partial charge in [-0.1, -0.05) is 11.6 Å². The smallest absolute Gasteiger partial charge is 0.412 e. The van der Waals surface area contributed by atoms with E-state index in [4.69, 9.17) is 21.4 Å². The number of nitrogens with one attached hydrogen (secondary N) is 1. The number of carboxylic acids is 1. The van der Waals surface area contributed by atoms with E-state index in [-0.39, 0.29) is 10.7 Å². The number of hydrogen-bond donors (Lipinski definition) is 2. The molecule has 8 heteroatoms. The van der Waals surface area contributed by atoms with Crippen LogP contribution in [-0.2, 0) is 15.5 Å². The number of benzene rings is 1. The zero-order valence-electron chi connectivity index (χ0n) is 12.2. The van der Waals surface area contributed by atoms with Crippen molar-refractivity contribution in [2.24, 2.45) is 0 Å². The summed E-state index contributed by atoms with van der Waals surface area (Å²) in [7, 11) is 0. The second kappa shape index (κ2) is 6.48. The van der Waals surface area contributed by atoms with Crippen LogP contribution in [0.25, 0.3) is 0 Å². The summed E-state index contributed by atoms with van der Waals surface area (Å²) in [4.78, 5) is 22.0. The lowest BCUT2D eigenvalue weighted by Crippen LogP contribution is -2.27. The molecule has 5 nitrogen and oxygen atoms in total. The molecule has 1 aromatic carbocycles. The van der Waals surface area contributed by atoms with E-state index in [1.54, 1.807) is 20.8 Å². The molecule has 22 heavy (non-hydrogen) atoms. The maximum Gasteiger partial charge on any atom is 0.412 e. The van der Waals surface area contributed by atoms with Crippen molar-refractivity contribution in [1.82, 2.24) is 0 Å². The molecule has 0 saturated carbocycles. The Balaban J connectivity index is 2.90. The first kappa shape index (κ1) is 18.2. The summed E-state index contributed by atoms with van der Waals surface area (Å²) in [5.41, 5.74) is -1.16. The predicted molar refractivity (Wildman–Crippen MR) is 77.5 cm³/mol. The normalized spacial score (nSPS) is 11.9. The number of halogens is 3. The van der Waals surface area contributed by atoms with Crippen LogP contribution >= 0.6 is 11.6 Å². The van der Waals surface area contributed by atoms with Gasteiger partial charge in [0, 0.05) is 11.3 Å². The molecule has 0 unspecified atom stereocenters. The van der Waals surface area contributed by atoms with E-state index in [0.29, 0.717) is 0 Å². The highest BCUT2D eigenvalue weighted by molar-refractivity contribution is 6.31. The lowest BCUT2D eigenvalue weighted by molar-refractivity contribution is -0.145. The van der Waals surface area contributed by atoms with Gasteiger partial charge in [-0.2, -0.15) is 0 Å². The van der Waals surface area contributed by atoms with Gasteiger partial charge in [-0.05, 0) is 39.0 Å². The van der Waals surface area contributed by atoms with Crippen molar-refractivity contribution >= 4 is 29.4 Å². The molecule has 0 saturated heterocycles. The van der Waals surface area contributed by atoms with Crippen molar-refractivity contribution in [3.8, 4) is 0 Å². The van der Waals surface area contributed by atoms with E-state index in [1.165, 1.54) is 6.07 Å². The summed E-state index contributed by atoms with van der Waals surface area (Å²) in [5.74, 6) is -5.25. The number of carbonyl (C=O) groups excluding carboxylic acids is 1. The van der Waals surface area contributed by atoms with Crippen LogP contribution < -0.4 is 5.32 Å². The number of ether oxygens (including phenoxy) is 1. The number of rotatable bonds is 4. The minimum absolute atomic E-state index is 0.161. The molecule has 0 atom stereocenters. The van der Waals surface area contributed by atoms with Gasteiger partial charge in [0.25, 0.3) is 5.92 Å². The first-order valence-electron chi connectivity index (χ1n) is 6.30. The highest BCUT2D eigenvalue weighted by atomic mass is 35.5. The van der Waals surface area contributed by atoms with Crippen molar-refractivity contribution < 1.29 is 28.2 Å². The van der Waals surface area contributed by atoms with E-state index in [0.717, 1.165) is 12.1 Å². The lowest BCUT2D eigenvalue weighted by atomic mass is 10.0. The second-order valence-electron chi connectivity index (χ2n) is 5.60. The molecule has 0 bridgehead atoms. The average molecular weight is 336 g/mol. The summed E-state index contributed by atoms with van der Waals surface area (Å²) < 4.78 is 32.4. The number of alkyl halides is 2. The van der Waals surface area contributed by atoms with Crippen LogP contribution in [-0.4, -0.2) is 22.8 Å². The molecular formula is C14H16ClF2NO4. The summed E-state index contributed by atoms with van der Waals surface area (Å²) in [5, 5.41) is 10.5. The van der Waals surface area contributed by atoms with Crippen LogP contribution in [0, 0.1) is 0 Å². The summed E-state index contributed by atoms with van der Waals surface area (Å²) in [6.07, 6.45) is -2.13. The molecule has 0 aliphatic rings. The van der Waals surface area contributed by atoms with Gasteiger partial charge in [0.1, 0.15) is 12.0 Å². The number of hydrogen-bond acceptors (Lipinski definition) is 3. The Bertz CT molecular complexity index is 585. The van der Waals surface area contributed by atoms with Gasteiger partial charge in [0.2, 0.25) is 0 Å². The van der Waals surface area contributed by atoms with Gasteiger partial charge >= 0.3 is 12.1 Å². The molecule has 0 heterocycles. The van der Waals surface area contributed by atoms with Crippen molar-refractivity contribution in [3.63, 3.8) is 0 Å². The van der Waals surface area contributed by atoms with Crippen LogP contribution in [0.4, 0.5) is 19.3 Å². The zero-order valence-corrected chi connectivity index (χ0v) is 13.0. The number of aliphatic carboxylic acids is 1. The Morgan fingerprint density at radius 2 is 1.91 bits per heavy atom. The van der Waals surface area contributed by atoms with E-state index < -0.39 is 35.6 Å². The molecular weight excluding hydrogens is 320 g/mol. The van der Waals surface area contributed by atoms with Crippen LogP contribution in [0.15, 0.2) is 18.2 Å². The molecule has 1 aromatic rings. The third kappa shape index (κ3) is 5.48. The SMILES string of the molecule is CC(C)(C)OC(=O)Nc1ccc(C(F)(F)CC(=O)O)c(Cl)c1. The zero-order chi connectivity index (χ0) is 17.1. The minimum Gasteiger partial charge on any atom is -0.481 e. The van der Waals surface area contributed by atoms with Crippen LogP contribution in [0.5, 0.6) is 0 Å². The molecule has 2 N–H and O–H groups in total. The standard InChI is InChI=1S/C14H16ClF2NO4/c1-13(2,3)22-12(21)18-8-4-5-9(10(15)6-8)14(16,17)7-11(19)20/h4-6H,7H2,1-3H3,(H,18,21)(H,19,20). The second-order valence-corrected chi connectivity index (χ2v) is 6.00. The first-order valence-corrected chi connectivity index (χ1v) is 6.68. The van der Waals surface area contributed by atoms with E-state index in [1.807, 2.05) is 0 Å². The number of amides is 1. The van der Waals surface area contributed by atoms with Gasteiger partial charge in [-0.15, -0.1) is 0 Å². The number of carbonyl (C=O) groups is 2. The van der Waals surface area contributed by atoms with E-state index in [9.17, 15) is 18.4 Å². The molecule has 0 radical (unpaired) electrons. The van der Waals surface area contributed by atoms with Gasteiger partial charge in [0.05, 0.1) is 5.02 Å². The van der Waals surface area contributed by atoms with Gasteiger partial charge < -0.3 is 9.84 Å². The number of carboxylic acid groups (broad SMARTS) is 1. The van der Waals surface area contributed by atoms with Crippen molar-refractivity contribution in [2.45, 2.75) is 38.7 Å². The Labute approximate surface area is 131 Å². The van der Waals surface area contributed by atoms with Crippen molar-refractivity contribution in [1.29, 1.82) is 0 Å². The summed E-state index contributed by atoms with van der Waals surface area (Å²) in [6, 6.07) is 3.27. The largest absolute Gasteiger partial charge is 0.481 e. The fraction of sp³-hybridized carbons (Fsp3) is 0.429.